The molecule has 0 bridgehead atoms. The summed E-state index contributed by atoms with van der Waals surface area (Å²) in [6, 6.07) is 5.34. The number of halogens is 3. The van der Waals surface area contributed by atoms with Gasteiger partial charge < -0.3 is 10.1 Å². The van der Waals surface area contributed by atoms with E-state index < -0.39 is 23.4 Å². The first-order chi connectivity index (χ1) is 9.44. The minimum absolute atomic E-state index is 0.281. The summed E-state index contributed by atoms with van der Waals surface area (Å²) < 4.78 is 45.2. The van der Waals surface area contributed by atoms with E-state index in [2.05, 4.69) is 5.32 Å². The first kappa shape index (κ1) is 15.3. The van der Waals surface area contributed by atoms with Crippen molar-refractivity contribution in [3.63, 3.8) is 0 Å². The fraction of sp³-hybridized carbons (Fsp3) is 0.600. The Kier molecular flexibility index (Phi) is 4.39. The summed E-state index contributed by atoms with van der Waals surface area (Å²) in [6.45, 7) is 2.49. The molecular weight excluding hydrogens is 267 g/mol. The lowest BCUT2D eigenvalue weighted by molar-refractivity contribution is -0.141. The van der Waals surface area contributed by atoms with Gasteiger partial charge >= 0.3 is 6.18 Å². The standard InChI is InChI=1S/C15H20F3NO/c1-3-19-13(14(20-2)9-6-10-14)11-7-4-5-8-12(11)15(16,17)18/h4-5,7-8,13,19H,3,6,9-10H2,1-2H3. The summed E-state index contributed by atoms with van der Waals surface area (Å²) in [4.78, 5) is 0. The van der Waals surface area contributed by atoms with E-state index in [-0.39, 0.29) is 5.56 Å². The van der Waals surface area contributed by atoms with Crippen molar-refractivity contribution in [3.05, 3.63) is 35.4 Å². The number of methoxy groups -OCH3 is 1. The van der Waals surface area contributed by atoms with Crippen molar-refractivity contribution in [1.82, 2.24) is 5.32 Å². The minimum Gasteiger partial charge on any atom is -0.376 e. The van der Waals surface area contributed by atoms with E-state index in [1.165, 1.54) is 6.07 Å². The van der Waals surface area contributed by atoms with E-state index in [0.717, 1.165) is 25.3 Å². The summed E-state index contributed by atoms with van der Waals surface area (Å²) in [7, 11) is 1.58. The first-order valence-corrected chi connectivity index (χ1v) is 6.89. The van der Waals surface area contributed by atoms with E-state index in [9.17, 15) is 13.2 Å². The van der Waals surface area contributed by atoms with E-state index in [4.69, 9.17) is 4.74 Å². The van der Waals surface area contributed by atoms with Crippen LogP contribution in [0.4, 0.5) is 13.2 Å². The summed E-state index contributed by atoms with van der Waals surface area (Å²) in [5, 5.41) is 3.18. The Morgan fingerprint density at radius 2 is 1.95 bits per heavy atom. The van der Waals surface area contributed by atoms with E-state index in [0.29, 0.717) is 6.54 Å². The Labute approximate surface area is 117 Å². The topological polar surface area (TPSA) is 21.3 Å². The molecule has 0 heterocycles. The van der Waals surface area contributed by atoms with Crippen molar-refractivity contribution in [2.24, 2.45) is 0 Å². The van der Waals surface area contributed by atoms with Crippen LogP contribution in [-0.2, 0) is 10.9 Å². The maximum absolute atomic E-state index is 13.2. The molecule has 2 rings (SSSR count). The average molecular weight is 287 g/mol. The Morgan fingerprint density at radius 3 is 2.40 bits per heavy atom. The highest BCUT2D eigenvalue weighted by Gasteiger charge is 2.47. The van der Waals surface area contributed by atoms with E-state index >= 15 is 0 Å². The second-order valence-electron chi connectivity index (χ2n) is 5.20. The molecule has 1 fully saturated rings. The fourth-order valence-corrected chi connectivity index (χ4v) is 2.93. The van der Waals surface area contributed by atoms with Gasteiger partial charge in [0.2, 0.25) is 0 Å². The number of ether oxygens (including phenoxy) is 1. The Bertz CT molecular complexity index is 449. The molecule has 5 heteroatoms. The maximum Gasteiger partial charge on any atom is 0.416 e. The van der Waals surface area contributed by atoms with Crippen LogP contribution in [0.25, 0.3) is 0 Å². The van der Waals surface area contributed by atoms with Gasteiger partial charge in [-0.1, -0.05) is 25.1 Å². The fourth-order valence-electron chi connectivity index (χ4n) is 2.93. The van der Waals surface area contributed by atoms with Gasteiger partial charge in [0.05, 0.1) is 17.2 Å². The lowest BCUT2D eigenvalue weighted by Crippen LogP contribution is -2.51. The Morgan fingerprint density at radius 1 is 1.30 bits per heavy atom. The van der Waals surface area contributed by atoms with Crippen molar-refractivity contribution >= 4 is 0 Å². The summed E-state index contributed by atoms with van der Waals surface area (Å²) in [6.07, 6.45) is -1.78. The molecule has 1 N–H and O–H groups in total. The SMILES string of the molecule is CCNC(c1ccccc1C(F)(F)F)C1(OC)CCC1. The Hall–Kier alpha value is -1.07. The predicted molar refractivity (Wildman–Crippen MR) is 71.5 cm³/mol. The molecular formula is C15H20F3NO. The third kappa shape index (κ3) is 2.69. The van der Waals surface area contributed by atoms with Crippen LogP contribution in [0.15, 0.2) is 24.3 Å². The molecule has 1 aromatic rings. The molecule has 1 saturated carbocycles. The largest absolute Gasteiger partial charge is 0.416 e. The highest BCUT2D eigenvalue weighted by Crippen LogP contribution is 2.47. The number of hydrogen-bond donors (Lipinski definition) is 1. The van der Waals surface area contributed by atoms with Gasteiger partial charge in [0, 0.05) is 7.11 Å². The van der Waals surface area contributed by atoms with Crippen molar-refractivity contribution in [2.75, 3.05) is 13.7 Å². The van der Waals surface area contributed by atoms with Crippen LogP contribution in [0.2, 0.25) is 0 Å². The van der Waals surface area contributed by atoms with Crippen molar-refractivity contribution in [3.8, 4) is 0 Å². The second-order valence-corrected chi connectivity index (χ2v) is 5.20. The Balaban J connectivity index is 2.45. The van der Waals surface area contributed by atoms with Gasteiger partial charge in [-0.05, 0) is 37.4 Å². The predicted octanol–water partition coefficient (Wildman–Crippen LogP) is 3.93. The zero-order valence-corrected chi connectivity index (χ0v) is 11.8. The zero-order chi connectivity index (χ0) is 14.8. The molecule has 0 radical (unpaired) electrons. The number of benzene rings is 1. The summed E-state index contributed by atoms with van der Waals surface area (Å²) >= 11 is 0. The molecule has 1 aromatic carbocycles. The molecule has 0 spiro atoms. The third-order valence-corrected chi connectivity index (χ3v) is 4.12. The quantitative estimate of drug-likeness (QED) is 0.886. The number of likely N-dealkylation sites (N-methyl/N-ethyl adjacent to an activating group) is 1. The van der Waals surface area contributed by atoms with Crippen LogP contribution < -0.4 is 5.32 Å². The van der Waals surface area contributed by atoms with Crippen LogP contribution in [0.5, 0.6) is 0 Å². The van der Waals surface area contributed by atoms with Crippen LogP contribution in [0.1, 0.15) is 43.4 Å². The lowest BCUT2D eigenvalue weighted by atomic mass is 9.71. The summed E-state index contributed by atoms with van der Waals surface area (Å²) in [5.41, 5.74) is -0.810. The molecule has 1 unspecified atom stereocenters. The highest BCUT2D eigenvalue weighted by molar-refractivity contribution is 5.35. The lowest BCUT2D eigenvalue weighted by Gasteiger charge is -2.47. The average Bonchev–Trinajstić information content (AvgIpc) is 2.36. The molecule has 0 aromatic heterocycles. The molecule has 0 aliphatic heterocycles. The molecule has 1 aliphatic rings. The normalized spacial score (nSPS) is 19.4. The van der Waals surface area contributed by atoms with Gasteiger partial charge in [-0.25, -0.2) is 0 Å². The zero-order valence-electron chi connectivity index (χ0n) is 11.8. The van der Waals surface area contributed by atoms with Crippen molar-refractivity contribution in [2.45, 2.75) is 44.0 Å². The van der Waals surface area contributed by atoms with Gasteiger partial charge in [-0.15, -0.1) is 0 Å². The molecule has 112 valence electrons. The molecule has 1 aliphatic carbocycles. The number of hydrogen-bond acceptors (Lipinski definition) is 2. The van der Waals surface area contributed by atoms with E-state index in [1.807, 2.05) is 6.92 Å². The van der Waals surface area contributed by atoms with Crippen molar-refractivity contribution < 1.29 is 17.9 Å². The van der Waals surface area contributed by atoms with Gasteiger partial charge in [0.15, 0.2) is 0 Å². The van der Waals surface area contributed by atoms with Gasteiger partial charge in [0.25, 0.3) is 0 Å². The monoisotopic (exact) mass is 287 g/mol. The number of rotatable bonds is 5. The third-order valence-electron chi connectivity index (χ3n) is 4.12. The number of alkyl halides is 3. The molecule has 1 atom stereocenters. The van der Waals surface area contributed by atoms with Gasteiger partial charge in [-0.3, -0.25) is 0 Å². The minimum atomic E-state index is -4.34. The molecule has 0 saturated heterocycles. The van der Waals surface area contributed by atoms with Crippen LogP contribution in [-0.4, -0.2) is 19.3 Å². The molecule has 0 amide bonds. The van der Waals surface area contributed by atoms with Crippen LogP contribution in [0.3, 0.4) is 0 Å². The van der Waals surface area contributed by atoms with Crippen LogP contribution >= 0.6 is 0 Å². The highest BCUT2D eigenvalue weighted by atomic mass is 19.4. The maximum atomic E-state index is 13.2. The second kappa shape index (κ2) is 5.74. The van der Waals surface area contributed by atoms with Gasteiger partial charge in [-0.2, -0.15) is 13.2 Å². The molecule has 20 heavy (non-hydrogen) atoms. The first-order valence-electron chi connectivity index (χ1n) is 6.89. The number of nitrogens with one attached hydrogen (secondary N) is 1. The van der Waals surface area contributed by atoms with Crippen LogP contribution in [0, 0.1) is 0 Å². The summed E-state index contributed by atoms with van der Waals surface area (Å²) in [5.74, 6) is 0. The van der Waals surface area contributed by atoms with E-state index in [1.54, 1.807) is 19.2 Å². The molecule has 2 nitrogen and oxygen atoms in total. The van der Waals surface area contributed by atoms with Crippen molar-refractivity contribution in [1.29, 1.82) is 0 Å². The van der Waals surface area contributed by atoms with Gasteiger partial charge in [0.1, 0.15) is 0 Å². The smallest absolute Gasteiger partial charge is 0.376 e.